The van der Waals surface area contributed by atoms with Gasteiger partial charge in [0.1, 0.15) is 5.82 Å². The first kappa shape index (κ1) is 16.7. The van der Waals surface area contributed by atoms with Gasteiger partial charge in [-0.05, 0) is 37.5 Å². The number of nitrogens with one attached hydrogen (secondary N) is 1. The van der Waals surface area contributed by atoms with Gasteiger partial charge in [0.25, 0.3) is 0 Å². The smallest absolute Gasteiger partial charge is 0.126 e. The summed E-state index contributed by atoms with van der Waals surface area (Å²) in [5, 5.41) is 12.9. The highest BCUT2D eigenvalue weighted by atomic mass is 16.2. The maximum atomic E-state index is 9.21. The lowest BCUT2D eigenvalue weighted by atomic mass is 10.0. The van der Waals surface area contributed by atoms with E-state index in [1.807, 2.05) is 24.3 Å². The van der Waals surface area contributed by atoms with Crippen LogP contribution in [0, 0.1) is 0 Å². The van der Waals surface area contributed by atoms with Gasteiger partial charge < -0.3 is 15.0 Å². The van der Waals surface area contributed by atoms with Crippen LogP contribution in [0.4, 0.5) is 0 Å². The third-order valence-corrected chi connectivity index (χ3v) is 4.51. The third-order valence-electron chi connectivity index (χ3n) is 4.51. The quantitative estimate of drug-likeness (QED) is 0.696. The maximum Gasteiger partial charge on any atom is 0.126 e. The number of aliphatic hydroxyl groups excluding tert-OH is 1. The number of fused-ring (bicyclic) bond motifs is 1. The van der Waals surface area contributed by atoms with Crippen molar-refractivity contribution in [1.82, 2.24) is 14.9 Å². The van der Waals surface area contributed by atoms with Crippen molar-refractivity contribution in [2.24, 2.45) is 7.05 Å². The predicted octanol–water partition coefficient (Wildman–Crippen LogP) is 3.74. The Balaban J connectivity index is 1.84. The summed E-state index contributed by atoms with van der Waals surface area (Å²) in [6.07, 6.45) is 1.68. The zero-order valence-corrected chi connectivity index (χ0v) is 14.3. The lowest BCUT2D eigenvalue weighted by molar-refractivity contribution is 0.271. The molecule has 0 aliphatic carbocycles. The van der Waals surface area contributed by atoms with Gasteiger partial charge in [0, 0.05) is 19.7 Å². The van der Waals surface area contributed by atoms with E-state index in [1.165, 1.54) is 5.56 Å². The van der Waals surface area contributed by atoms with Gasteiger partial charge in [-0.2, -0.15) is 0 Å². The molecule has 0 fully saturated rings. The molecule has 3 rings (SSSR count). The van der Waals surface area contributed by atoms with E-state index in [1.54, 1.807) is 0 Å². The Labute approximate surface area is 143 Å². The third kappa shape index (κ3) is 3.50. The lowest BCUT2D eigenvalue weighted by Crippen LogP contribution is -2.27. The molecule has 0 saturated heterocycles. The van der Waals surface area contributed by atoms with Crippen LogP contribution < -0.4 is 5.32 Å². The van der Waals surface area contributed by atoms with E-state index in [2.05, 4.69) is 54.2 Å². The van der Waals surface area contributed by atoms with Crippen molar-refractivity contribution in [3.8, 4) is 0 Å². The minimum atomic E-state index is 0.117. The minimum absolute atomic E-state index is 0.117. The molecule has 0 aliphatic rings. The monoisotopic (exact) mass is 323 g/mol. The highest BCUT2D eigenvalue weighted by Crippen LogP contribution is 2.25. The van der Waals surface area contributed by atoms with Gasteiger partial charge in [0.05, 0.1) is 17.1 Å². The average Bonchev–Trinajstić information content (AvgIpc) is 2.96. The molecule has 2 N–H and O–H groups in total. The predicted molar refractivity (Wildman–Crippen MR) is 97.8 cm³/mol. The van der Waals surface area contributed by atoms with Crippen LogP contribution in [0.25, 0.3) is 11.0 Å². The molecule has 2 aromatic carbocycles. The number of aryl methyl sites for hydroxylation is 1. The molecule has 2 unspecified atom stereocenters. The van der Waals surface area contributed by atoms with Crippen molar-refractivity contribution in [1.29, 1.82) is 0 Å². The van der Waals surface area contributed by atoms with Gasteiger partial charge in [-0.25, -0.2) is 4.98 Å². The summed E-state index contributed by atoms with van der Waals surface area (Å²) in [7, 11) is 2.06. The zero-order chi connectivity index (χ0) is 16.9. The Hall–Kier alpha value is -2.17. The van der Waals surface area contributed by atoms with E-state index >= 15 is 0 Å². The highest BCUT2D eigenvalue weighted by molar-refractivity contribution is 5.75. The van der Waals surface area contributed by atoms with E-state index < -0.39 is 0 Å². The topological polar surface area (TPSA) is 50.1 Å². The maximum absolute atomic E-state index is 9.21. The summed E-state index contributed by atoms with van der Waals surface area (Å²) in [6, 6.07) is 18.9. The largest absolute Gasteiger partial charge is 0.396 e. The molecule has 0 saturated carbocycles. The second kappa shape index (κ2) is 7.60. The van der Waals surface area contributed by atoms with Crippen LogP contribution in [-0.2, 0) is 7.05 Å². The molecule has 24 heavy (non-hydrogen) atoms. The summed E-state index contributed by atoms with van der Waals surface area (Å²) >= 11 is 0. The number of aliphatic hydroxyl groups is 1. The second-order valence-electron chi connectivity index (χ2n) is 6.24. The van der Waals surface area contributed by atoms with Crippen molar-refractivity contribution in [3.63, 3.8) is 0 Å². The number of aromatic nitrogens is 2. The first-order chi connectivity index (χ1) is 11.7. The SMILES string of the molecule is CC(NC(CCCO)c1ccccc1)c1nc2ccccc2n1C. The second-order valence-corrected chi connectivity index (χ2v) is 6.24. The molecular formula is C20H25N3O. The van der Waals surface area contributed by atoms with E-state index in [0.29, 0.717) is 0 Å². The molecule has 1 aromatic heterocycles. The van der Waals surface area contributed by atoms with Gasteiger partial charge >= 0.3 is 0 Å². The van der Waals surface area contributed by atoms with E-state index in [-0.39, 0.29) is 18.7 Å². The first-order valence-electron chi connectivity index (χ1n) is 8.54. The Morgan fingerprint density at radius 2 is 1.79 bits per heavy atom. The first-order valence-corrected chi connectivity index (χ1v) is 8.54. The van der Waals surface area contributed by atoms with Gasteiger partial charge in [-0.3, -0.25) is 0 Å². The number of imidazole rings is 1. The van der Waals surface area contributed by atoms with Crippen LogP contribution in [0.2, 0.25) is 0 Å². The van der Waals surface area contributed by atoms with Crippen molar-refractivity contribution >= 4 is 11.0 Å². The molecule has 0 amide bonds. The van der Waals surface area contributed by atoms with E-state index in [9.17, 15) is 5.11 Å². The fraction of sp³-hybridized carbons (Fsp3) is 0.350. The summed E-state index contributed by atoms with van der Waals surface area (Å²) in [5.41, 5.74) is 3.42. The summed E-state index contributed by atoms with van der Waals surface area (Å²) in [5.74, 6) is 1.03. The number of rotatable bonds is 7. The molecule has 3 aromatic rings. The molecule has 2 atom stereocenters. The molecule has 0 radical (unpaired) electrons. The minimum Gasteiger partial charge on any atom is -0.396 e. The zero-order valence-electron chi connectivity index (χ0n) is 14.3. The number of nitrogens with zero attached hydrogens (tertiary/aromatic N) is 2. The Bertz CT molecular complexity index is 782. The number of hydrogen-bond acceptors (Lipinski definition) is 3. The number of benzene rings is 2. The summed E-state index contributed by atoms with van der Waals surface area (Å²) in [4.78, 5) is 4.79. The summed E-state index contributed by atoms with van der Waals surface area (Å²) < 4.78 is 2.15. The normalized spacial score (nSPS) is 14.0. The Morgan fingerprint density at radius 1 is 1.08 bits per heavy atom. The molecule has 0 aliphatic heterocycles. The Kier molecular flexibility index (Phi) is 5.28. The van der Waals surface area contributed by atoms with E-state index in [4.69, 9.17) is 4.98 Å². The van der Waals surface area contributed by atoms with Gasteiger partial charge in [-0.1, -0.05) is 42.5 Å². The fourth-order valence-electron chi connectivity index (χ4n) is 3.25. The van der Waals surface area contributed by atoms with Crippen LogP contribution in [0.1, 0.15) is 43.2 Å². The van der Waals surface area contributed by atoms with E-state index in [0.717, 1.165) is 29.7 Å². The highest BCUT2D eigenvalue weighted by Gasteiger charge is 2.19. The number of para-hydroxylation sites is 2. The van der Waals surface area contributed by atoms with Crippen LogP contribution >= 0.6 is 0 Å². The van der Waals surface area contributed by atoms with Crippen LogP contribution in [0.5, 0.6) is 0 Å². The average molecular weight is 323 g/mol. The van der Waals surface area contributed by atoms with Crippen molar-refractivity contribution in [2.45, 2.75) is 31.8 Å². The molecular weight excluding hydrogens is 298 g/mol. The standard InChI is InChI=1S/C20H25N3O/c1-15(20-22-18-11-6-7-13-19(18)23(20)2)21-17(12-8-14-24)16-9-4-3-5-10-16/h3-7,9-11,13,15,17,21,24H,8,12,14H2,1-2H3. The summed E-state index contributed by atoms with van der Waals surface area (Å²) in [6.45, 7) is 2.36. The molecule has 4 nitrogen and oxygen atoms in total. The van der Waals surface area contributed by atoms with Gasteiger partial charge in [0.2, 0.25) is 0 Å². The van der Waals surface area contributed by atoms with Gasteiger partial charge in [-0.15, -0.1) is 0 Å². The Morgan fingerprint density at radius 3 is 2.50 bits per heavy atom. The fourth-order valence-corrected chi connectivity index (χ4v) is 3.25. The van der Waals surface area contributed by atoms with Crippen LogP contribution in [0.15, 0.2) is 54.6 Å². The van der Waals surface area contributed by atoms with Crippen LogP contribution in [0.3, 0.4) is 0 Å². The van der Waals surface area contributed by atoms with Crippen molar-refractivity contribution in [3.05, 3.63) is 66.0 Å². The molecule has 0 spiro atoms. The van der Waals surface area contributed by atoms with Crippen LogP contribution in [-0.4, -0.2) is 21.3 Å². The molecule has 1 heterocycles. The van der Waals surface area contributed by atoms with Gasteiger partial charge in [0.15, 0.2) is 0 Å². The molecule has 126 valence electrons. The molecule has 0 bridgehead atoms. The van der Waals surface area contributed by atoms with Crippen molar-refractivity contribution in [2.75, 3.05) is 6.61 Å². The molecule has 4 heteroatoms. The number of hydrogen-bond donors (Lipinski definition) is 2. The van der Waals surface area contributed by atoms with Crippen molar-refractivity contribution < 1.29 is 5.11 Å². The lowest BCUT2D eigenvalue weighted by Gasteiger charge is -2.23.